The summed E-state index contributed by atoms with van der Waals surface area (Å²) >= 11 is 0. The molecule has 2 fully saturated rings. The third-order valence-corrected chi connectivity index (χ3v) is 6.61. The van der Waals surface area contributed by atoms with Crippen LogP contribution in [-0.2, 0) is 6.54 Å². The molecular weight excluding hydrogens is 330 g/mol. The van der Waals surface area contributed by atoms with Crippen molar-refractivity contribution in [3.05, 3.63) is 45.3 Å². The van der Waals surface area contributed by atoms with Gasteiger partial charge in [0.15, 0.2) is 0 Å². The molecule has 1 aliphatic carbocycles. The molecule has 140 valence electrons. The Kier molecular flexibility index (Phi) is 4.63. The molecule has 0 bridgehead atoms. The lowest BCUT2D eigenvalue weighted by Crippen LogP contribution is -2.25. The molecule has 4 atom stereocenters. The molecule has 2 aliphatic rings. The number of nitrogens with zero attached hydrogens (tertiary/aromatic N) is 1. The van der Waals surface area contributed by atoms with E-state index >= 15 is 0 Å². The lowest BCUT2D eigenvalue weighted by Gasteiger charge is -2.21. The predicted octanol–water partition coefficient (Wildman–Crippen LogP) is 2.08. The Morgan fingerprint density at radius 2 is 1.65 bits per heavy atom. The van der Waals surface area contributed by atoms with E-state index in [0.717, 1.165) is 36.0 Å². The second-order valence-corrected chi connectivity index (χ2v) is 8.17. The molecule has 5 heteroatoms. The second kappa shape index (κ2) is 6.80. The minimum absolute atomic E-state index is 0.196. The van der Waals surface area contributed by atoms with Gasteiger partial charge in [0.05, 0.1) is 0 Å². The fraction of sp³-hybridized carbons (Fsp3) is 0.571. The van der Waals surface area contributed by atoms with Gasteiger partial charge in [-0.25, -0.2) is 4.79 Å². The lowest BCUT2D eigenvalue weighted by atomic mass is 9.91. The van der Waals surface area contributed by atoms with Gasteiger partial charge in [0.25, 0.3) is 0 Å². The van der Waals surface area contributed by atoms with Crippen LogP contribution in [0.1, 0.15) is 23.1 Å². The number of aliphatic hydroxyl groups is 2. The Morgan fingerprint density at radius 1 is 1.04 bits per heavy atom. The fourth-order valence-corrected chi connectivity index (χ4v) is 5.08. The van der Waals surface area contributed by atoms with Crippen molar-refractivity contribution >= 4 is 11.0 Å². The third-order valence-electron chi connectivity index (χ3n) is 6.61. The minimum atomic E-state index is -0.309. The van der Waals surface area contributed by atoms with Gasteiger partial charge in [-0.1, -0.05) is 0 Å². The second-order valence-electron chi connectivity index (χ2n) is 8.17. The van der Waals surface area contributed by atoms with Gasteiger partial charge in [0.1, 0.15) is 5.58 Å². The number of aliphatic hydroxyl groups excluding tert-OH is 2. The zero-order valence-corrected chi connectivity index (χ0v) is 15.4. The number of hydrogen-bond donors (Lipinski definition) is 2. The van der Waals surface area contributed by atoms with Gasteiger partial charge in [-0.05, 0) is 72.8 Å². The largest absolute Gasteiger partial charge is 0.423 e. The van der Waals surface area contributed by atoms with Crippen molar-refractivity contribution in [2.45, 2.75) is 26.8 Å². The van der Waals surface area contributed by atoms with E-state index in [9.17, 15) is 15.0 Å². The normalized spacial score (nSPS) is 28.8. The molecule has 2 N–H and O–H groups in total. The van der Waals surface area contributed by atoms with Gasteiger partial charge in [-0.3, -0.25) is 4.90 Å². The summed E-state index contributed by atoms with van der Waals surface area (Å²) in [6.07, 6.45) is 0.923. The van der Waals surface area contributed by atoms with Crippen molar-refractivity contribution in [2.75, 3.05) is 26.3 Å². The Hall–Kier alpha value is -1.69. The van der Waals surface area contributed by atoms with Crippen LogP contribution in [0.3, 0.4) is 0 Å². The maximum Gasteiger partial charge on any atom is 0.336 e. The monoisotopic (exact) mass is 357 g/mol. The van der Waals surface area contributed by atoms with Crippen LogP contribution < -0.4 is 5.63 Å². The maximum atomic E-state index is 12.0. The fourth-order valence-electron chi connectivity index (χ4n) is 5.08. The number of benzene rings is 1. The number of aryl methyl sites for hydroxylation is 2. The Balaban J connectivity index is 1.62. The van der Waals surface area contributed by atoms with E-state index in [2.05, 4.69) is 17.9 Å². The Bertz CT molecular complexity index is 856. The zero-order chi connectivity index (χ0) is 18.4. The van der Waals surface area contributed by atoms with Crippen LogP contribution in [0, 0.1) is 37.5 Å². The molecule has 1 aliphatic heterocycles. The molecule has 0 unspecified atom stereocenters. The summed E-state index contributed by atoms with van der Waals surface area (Å²) in [4.78, 5) is 14.4. The van der Waals surface area contributed by atoms with Gasteiger partial charge >= 0.3 is 5.63 Å². The molecule has 0 spiro atoms. The van der Waals surface area contributed by atoms with E-state index in [4.69, 9.17) is 4.42 Å². The highest BCUT2D eigenvalue weighted by Crippen LogP contribution is 2.46. The van der Waals surface area contributed by atoms with Crippen LogP contribution in [0.5, 0.6) is 0 Å². The van der Waals surface area contributed by atoms with Gasteiger partial charge in [-0.2, -0.15) is 0 Å². The average molecular weight is 357 g/mol. The van der Waals surface area contributed by atoms with Crippen molar-refractivity contribution in [1.29, 1.82) is 0 Å². The number of hydrogen-bond acceptors (Lipinski definition) is 5. The first-order valence-corrected chi connectivity index (χ1v) is 9.48. The first-order valence-electron chi connectivity index (χ1n) is 9.48. The van der Waals surface area contributed by atoms with Crippen molar-refractivity contribution in [2.24, 2.45) is 23.7 Å². The summed E-state index contributed by atoms with van der Waals surface area (Å²) in [5, 5.41) is 20.4. The van der Waals surface area contributed by atoms with Crippen LogP contribution in [0.2, 0.25) is 0 Å². The zero-order valence-electron chi connectivity index (χ0n) is 15.4. The van der Waals surface area contributed by atoms with E-state index < -0.39 is 0 Å². The molecule has 1 aromatic heterocycles. The smallest absolute Gasteiger partial charge is 0.336 e. The van der Waals surface area contributed by atoms with E-state index in [1.807, 2.05) is 13.0 Å². The summed E-state index contributed by atoms with van der Waals surface area (Å²) in [6, 6.07) is 5.66. The summed E-state index contributed by atoms with van der Waals surface area (Å²) in [5.41, 5.74) is 3.64. The van der Waals surface area contributed by atoms with Crippen molar-refractivity contribution in [3.8, 4) is 0 Å². The van der Waals surface area contributed by atoms with E-state index in [-0.39, 0.29) is 30.7 Å². The molecule has 1 saturated heterocycles. The maximum absolute atomic E-state index is 12.0. The van der Waals surface area contributed by atoms with Gasteiger partial charge in [0.2, 0.25) is 0 Å². The highest BCUT2D eigenvalue weighted by molar-refractivity contribution is 5.81. The molecule has 2 heterocycles. The predicted molar refractivity (Wildman–Crippen MR) is 100.0 cm³/mol. The van der Waals surface area contributed by atoms with Crippen LogP contribution in [0.25, 0.3) is 11.0 Å². The highest BCUT2D eigenvalue weighted by Gasteiger charge is 2.47. The average Bonchev–Trinajstić information content (AvgIpc) is 3.14. The SMILES string of the molecule is Cc1cc2oc(=O)cc(CN3C[C@@H]4[C@H](CO)C[C@H](CO)[C@@H]4C3)c2cc1C. The van der Waals surface area contributed by atoms with Gasteiger partial charge in [-0.15, -0.1) is 0 Å². The molecule has 4 rings (SSSR count). The van der Waals surface area contributed by atoms with E-state index in [1.54, 1.807) is 6.07 Å². The minimum Gasteiger partial charge on any atom is -0.423 e. The lowest BCUT2D eigenvalue weighted by molar-refractivity contribution is 0.167. The van der Waals surface area contributed by atoms with E-state index in [1.165, 1.54) is 5.56 Å². The van der Waals surface area contributed by atoms with Gasteiger partial charge in [0, 0.05) is 44.3 Å². The van der Waals surface area contributed by atoms with Crippen molar-refractivity contribution in [1.82, 2.24) is 4.90 Å². The highest BCUT2D eigenvalue weighted by atomic mass is 16.4. The molecule has 26 heavy (non-hydrogen) atoms. The number of rotatable bonds is 4. The Morgan fingerprint density at radius 3 is 2.27 bits per heavy atom. The number of fused-ring (bicyclic) bond motifs is 2. The van der Waals surface area contributed by atoms with Gasteiger partial charge < -0.3 is 14.6 Å². The first kappa shape index (κ1) is 17.7. The first-order chi connectivity index (χ1) is 12.5. The molecule has 2 aromatic rings. The van der Waals surface area contributed by atoms with Crippen LogP contribution in [-0.4, -0.2) is 41.4 Å². The van der Waals surface area contributed by atoms with Crippen LogP contribution in [0.4, 0.5) is 0 Å². The van der Waals surface area contributed by atoms with Crippen molar-refractivity contribution < 1.29 is 14.6 Å². The third kappa shape index (κ3) is 2.98. The molecule has 0 amide bonds. The topological polar surface area (TPSA) is 73.9 Å². The van der Waals surface area contributed by atoms with Crippen LogP contribution in [0.15, 0.2) is 27.4 Å². The van der Waals surface area contributed by atoms with Crippen LogP contribution >= 0.6 is 0 Å². The summed E-state index contributed by atoms with van der Waals surface area (Å²) in [5.74, 6) is 1.44. The molecular formula is C21H27NO4. The van der Waals surface area contributed by atoms with E-state index in [0.29, 0.717) is 24.0 Å². The molecule has 1 saturated carbocycles. The Labute approximate surface area is 153 Å². The molecule has 5 nitrogen and oxygen atoms in total. The summed E-state index contributed by atoms with van der Waals surface area (Å²) < 4.78 is 5.41. The molecule has 1 aromatic carbocycles. The quantitative estimate of drug-likeness (QED) is 0.820. The summed E-state index contributed by atoms with van der Waals surface area (Å²) in [7, 11) is 0. The standard InChI is InChI=1S/C21H27NO4/c1-12-3-17-14(6-21(25)26-20(17)4-13(12)2)7-22-8-18-15(10-23)5-16(11-24)19(18)9-22/h3-4,6,15-16,18-19,23-24H,5,7-11H2,1-2H3/t15-,16+,18+,19-. The molecule has 0 radical (unpaired) electrons. The summed E-state index contributed by atoms with van der Waals surface area (Å²) in [6.45, 7) is 7.02. The number of likely N-dealkylation sites (tertiary alicyclic amines) is 1. The van der Waals surface area contributed by atoms with Crippen molar-refractivity contribution in [3.63, 3.8) is 0 Å².